The fraction of sp³-hybridized carbons (Fsp3) is 0.438. The molecule has 0 radical (unpaired) electrons. The first kappa shape index (κ1) is 17.7. The van der Waals surface area contributed by atoms with E-state index < -0.39 is 0 Å². The Kier molecular flexibility index (Phi) is 7.08. The molecule has 0 saturated heterocycles. The Bertz CT molecular complexity index is 561. The van der Waals surface area contributed by atoms with Gasteiger partial charge in [0, 0.05) is 12.1 Å². The number of nitrogens with two attached hydrogens (primary N) is 2. The Morgan fingerprint density at radius 3 is 2.18 bits per heavy atom. The van der Waals surface area contributed by atoms with E-state index in [1.807, 2.05) is 0 Å². The maximum Gasteiger partial charge on any atom is 0.145 e. The van der Waals surface area contributed by atoms with Crippen LogP contribution in [0.3, 0.4) is 0 Å². The summed E-state index contributed by atoms with van der Waals surface area (Å²) in [6.07, 6.45) is 6.48. The van der Waals surface area contributed by atoms with Crippen LogP contribution in [0.5, 0.6) is 11.5 Å². The van der Waals surface area contributed by atoms with Crippen molar-refractivity contribution in [1.82, 2.24) is 9.78 Å². The van der Waals surface area contributed by atoms with Crippen LogP contribution in [-0.4, -0.2) is 20.0 Å². The maximum atomic E-state index is 8.94. The molecule has 0 atom stereocenters. The summed E-state index contributed by atoms with van der Waals surface area (Å²) in [7, 11) is 0. The number of unbranched alkanes of at least 4 members (excludes halogenated alkanes) is 3. The molecule has 122 valence electrons. The van der Waals surface area contributed by atoms with Gasteiger partial charge in [0.05, 0.1) is 11.9 Å². The summed E-state index contributed by atoms with van der Waals surface area (Å²) in [5.41, 5.74) is 12.4. The van der Waals surface area contributed by atoms with E-state index in [9.17, 15) is 0 Å². The number of aryl methyl sites for hydroxylation is 1. The van der Waals surface area contributed by atoms with E-state index in [1.54, 1.807) is 23.9 Å². The van der Waals surface area contributed by atoms with E-state index in [0.717, 1.165) is 13.0 Å². The Balaban J connectivity index is 0.000000235. The quantitative estimate of drug-likeness (QED) is 0.635. The molecule has 1 aromatic heterocycles. The van der Waals surface area contributed by atoms with Gasteiger partial charge in [-0.05, 0) is 25.5 Å². The molecule has 22 heavy (non-hydrogen) atoms. The van der Waals surface area contributed by atoms with Crippen molar-refractivity contribution in [3.63, 3.8) is 0 Å². The van der Waals surface area contributed by atoms with Gasteiger partial charge in [-0.15, -0.1) is 0 Å². The number of phenols is 2. The second-order valence-electron chi connectivity index (χ2n) is 5.19. The Morgan fingerprint density at radius 1 is 1.09 bits per heavy atom. The Labute approximate surface area is 131 Å². The van der Waals surface area contributed by atoms with Crippen LogP contribution in [0.2, 0.25) is 0 Å². The molecule has 6 N–H and O–H groups in total. The van der Waals surface area contributed by atoms with Crippen molar-refractivity contribution in [2.75, 3.05) is 11.5 Å². The average molecular weight is 306 g/mol. The lowest BCUT2D eigenvalue weighted by Crippen LogP contribution is -2.05. The zero-order valence-corrected chi connectivity index (χ0v) is 13.3. The highest BCUT2D eigenvalue weighted by molar-refractivity contribution is 5.56. The smallest absolute Gasteiger partial charge is 0.145 e. The number of nitrogens with zero attached hydrogens (tertiary/aromatic N) is 2. The van der Waals surface area contributed by atoms with Gasteiger partial charge in [0.1, 0.15) is 17.3 Å². The SMILES string of the molecule is CCCCCCn1ncc(N)c1N.Cc1c(O)cccc1O. The third-order valence-electron chi connectivity index (χ3n) is 3.41. The van der Waals surface area contributed by atoms with E-state index >= 15 is 0 Å². The first-order valence-corrected chi connectivity index (χ1v) is 7.51. The van der Waals surface area contributed by atoms with Crippen molar-refractivity contribution >= 4 is 11.5 Å². The van der Waals surface area contributed by atoms with Crippen LogP contribution >= 0.6 is 0 Å². The maximum absolute atomic E-state index is 8.94. The lowest BCUT2D eigenvalue weighted by atomic mass is 10.2. The molecule has 0 spiro atoms. The van der Waals surface area contributed by atoms with Crippen LogP contribution in [0.1, 0.15) is 38.2 Å². The monoisotopic (exact) mass is 306 g/mol. The third kappa shape index (κ3) is 5.20. The van der Waals surface area contributed by atoms with Gasteiger partial charge in [-0.1, -0.05) is 32.3 Å². The average Bonchev–Trinajstić information content (AvgIpc) is 2.82. The fourth-order valence-corrected chi connectivity index (χ4v) is 1.89. The highest BCUT2D eigenvalue weighted by atomic mass is 16.3. The van der Waals surface area contributed by atoms with E-state index in [1.165, 1.54) is 31.4 Å². The Morgan fingerprint density at radius 2 is 1.73 bits per heavy atom. The summed E-state index contributed by atoms with van der Waals surface area (Å²) in [6.45, 7) is 4.73. The highest BCUT2D eigenvalue weighted by Crippen LogP contribution is 2.23. The summed E-state index contributed by atoms with van der Waals surface area (Å²) in [5, 5.41) is 22.0. The summed E-state index contributed by atoms with van der Waals surface area (Å²) >= 11 is 0. The lowest BCUT2D eigenvalue weighted by Gasteiger charge is -2.03. The minimum absolute atomic E-state index is 0.134. The van der Waals surface area contributed by atoms with Crippen LogP contribution in [0, 0.1) is 6.92 Å². The molecule has 0 aliphatic rings. The van der Waals surface area contributed by atoms with Crippen molar-refractivity contribution < 1.29 is 10.2 Å². The minimum atomic E-state index is 0.134. The second-order valence-corrected chi connectivity index (χ2v) is 5.19. The molecule has 2 aromatic rings. The summed E-state index contributed by atoms with van der Waals surface area (Å²) in [4.78, 5) is 0. The molecule has 0 bridgehead atoms. The number of hydrogen-bond acceptors (Lipinski definition) is 5. The van der Waals surface area contributed by atoms with Gasteiger partial charge >= 0.3 is 0 Å². The van der Waals surface area contributed by atoms with Crippen molar-refractivity contribution in [3.05, 3.63) is 30.0 Å². The summed E-state index contributed by atoms with van der Waals surface area (Å²) in [5.74, 6) is 0.862. The van der Waals surface area contributed by atoms with Crippen molar-refractivity contribution in [1.29, 1.82) is 0 Å². The molecule has 0 fully saturated rings. The molecule has 0 amide bonds. The molecule has 6 heteroatoms. The predicted octanol–water partition coefficient (Wildman–Crippen LogP) is 3.03. The van der Waals surface area contributed by atoms with Crippen molar-refractivity contribution in [2.24, 2.45) is 0 Å². The molecule has 0 aliphatic heterocycles. The zero-order chi connectivity index (χ0) is 16.5. The van der Waals surface area contributed by atoms with Crippen LogP contribution in [-0.2, 0) is 6.54 Å². The minimum Gasteiger partial charge on any atom is -0.508 e. The summed E-state index contributed by atoms with van der Waals surface area (Å²) in [6, 6.07) is 4.67. The predicted molar refractivity (Wildman–Crippen MR) is 89.7 cm³/mol. The van der Waals surface area contributed by atoms with E-state index in [0.29, 0.717) is 17.1 Å². The van der Waals surface area contributed by atoms with Crippen LogP contribution in [0.25, 0.3) is 0 Å². The Hall–Kier alpha value is -2.37. The van der Waals surface area contributed by atoms with Crippen LogP contribution < -0.4 is 11.5 Å². The summed E-state index contributed by atoms with van der Waals surface area (Å²) < 4.78 is 1.77. The van der Waals surface area contributed by atoms with Gasteiger partial charge < -0.3 is 21.7 Å². The molecule has 2 rings (SSSR count). The third-order valence-corrected chi connectivity index (χ3v) is 3.41. The number of benzene rings is 1. The number of aromatic hydroxyl groups is 2. The normalized spacial score (nSPS) is 10.1. The number of anilines is 2. The molecule has 6 nitrogen and oxygen atoms in total. The number of phenolic OH excluding ortho intramolecular Hbond substituents is 2. The standard InChI is InChI=1S/C9H18N4.C7H8O2/c1-2-3-4-5-6-13-9(11)8(10)7-12-13;1-5-6(8)3-2-4-7(5)9/h7H,2-6,10-11H2,1H3;2-4,8-9H,1H3. The molecule has 0 saturated carbocycles. The van der Waals surface area contributed by atoms with Crippen LogP contribution in [0.15, 0.2) is 24.4 Å². The second kappa shape index (κ2) is 8.81. The van der Waals surface area contributed by atoms with Gasteiger partial charge in [-0.2, -0.15) is 5.10 Å². The lowest BCUT2D eigenvalue weighted by molar-refractivity contribution is 0.443. The van der Waals surface area contributed by atoms with E-state index in [-0.39, 0.29) is 11.5 Å². The van der Waals surface area contributed by atoms with Gasteiger partial charge in [0.25, 0.3) is 0 Å². The van der Waals surface area contributed by atoms with Crippen molar-refractivity contribution in [3.8, 4) is 11.5 Å². The van der Waals surface area contributed by atoms with Gasteiger partial charge in [0.15, 0.2) is 0 Å². The highest BCUT2D eigenvalue weighted by Gasteiger charge is 2.02. The van der Waals surface area contributed by atoms with E-state index in [4.69, 9.17) is 21.7 Å². The van der Waals surface area contributed by atoms with E-state index in [2.05, 4.69) is 12.0 Å². The fourth-order valence-electron chi connectivity index (χ4n) is 1.89. The van der Waals surface area contributed by atoms with Crippen LogP contribution in [0.4, 0.5) is 11.5 Å². The topological polar surface area (TPSA) is 110 Å². The molecule has 0 unspecified atom stereocenters. The first-order chi connectivity index (χ1) is 10.5. The number of hydrogen-bond donors (Lipinski definition) is 4. The number of aromatic nitrogens is 2. The molecular weight excluding hydrogens is 280 g/mol. The van der Waals surface area contributed by atoms with Gasteiger partial charge in [-0.25, -0.2) is 4.68 Å². The molecular formula is C16H26N4O2. The molecule has 1 heterocycles. The first-order valence-electron chi connectivity index (χ1n) is 7.51. The molecule has 1 aromatic carbocycles. The number of nitrogen functional groups attached to an aromatic ring is 2. The van der Waals surface area contributed by atoms with Crippen molar-refractivity contribution in [2.45, 2.75) is 46.1 Å². The van der Waals surface area contributed by atoms with Gasteiger partial charge in [-0.3, -0.25) is 0 Å². The van der Waals surface area contributed by atoms with Gasteiger partial charge in [0.2, 0.25) is 0 Å². The molecule has 0 aliphatic carbocycles. The number of rotatable bonds is 5. The zero-order valence-electron chi connectivity index (χ0n) is 13.3. The largest absolute Gasteiger partial charge is 0.508 e.